The molecule has 7 rings (SSSR count). The third-order valence-electron chi connectivity index (χ3n) is 7.13. The zero-order chi connectivity index (χ0) is 28.0. The topological polar surface area (TPSA) is 117 Å². The number of rotatable bonds is 6. The lowest BCUT2D eigenvalue weighted by molar-refractivity contribution is -0.139. The van der Waals surface area contributed by atoms with Crippen LogP contribution in [0, 0.1) is 5.82 Å². The molecular weight excluding hydrogens is 541 g/mol. The minimum atomic E-state index is -1.05. The summed E-state index contributed by atoms with van der Waals surface area (Å²) < 4.78 is 27.4. The molecular formula is C27H27ClFN7O4. The number of pyridine rings is 1. The van der Waals surface area contributed by atoms with Gasteiger partial charge in [0.1, 0.15) is 17.5 Å². The largest absolute Gasteiger partial charge is 0.494 e. The van der Waals surface area contributed by atoms with Crippen LogP contribution in [-0.2, 0) is 9.53 Å². The average Bonchev–Trinajstić information content (AvgIpc) is 3.17. The van der Waals surface area contributed by atoms with Crippen molar-refractivity contribution in [3.8, 4) is 17.1 Å². The molecule has 3 atom stereocenters. The van der Waals surface area contributed by atoms with Gasteiger partial charge in [0, 0.05) is 37.6 Å². The van der Waals surface area contributed by atoms with Crippen LogP contribution in [0.1, 0.15) is 6.92 Å². The Bertz CT molecular complexity index is 1580. The number of amides is 1. The Morgan fingerprint density at radius 2 is 2.10 bits per heavy atom. The zero-order valence-corrected chi connectivity index (χ0v) is 22.5. The molecule has 13 heteroatoms. The van der Waals surface area contributed by atoms with E-state index in [4.69, 9.17) is 21.1 Å². The summed E-state index contributed by atoms with van der Waals surface area (Å²) in [5.74, 6) is 0.0863. The average molecular weight is 568 g/mol. The van der Waals surface area contributed by atoms with Crippen LogP contribution < -0.4 is 15.0 Å². The maximum atomic E-state index is 14.2. The van der Waals surface area contributed by atoms with Gasteiger partial charge in [0.15, 0.2) is 11.5 Å². The van der Waals surface area contributed by atoms with E-state index in [0.717, 1.165) is 5.69 Å². The second-order valence-electron chi connectivity index (χ2n) is 9.77. The van der Waals surface area contributed by atoms with Crippen molar-refractivity contribution in [1.82, 2.24) is 24.3 Å². The highest BCUT2D eigenvalue weighted by atomic mass is 35.5. The number of aromatic nitrogens is 4. The molecule has 1 aromatic carbocycles. The Balaban J connectivity index is 1.26. The number of halogens is 2. The van der Waals surface area contributed by atoms with Gasteiger partial charge in [-0.3, -0.25) is 9.20 Å². The standard InChI is InChI=1S/C27H27ClFN7O4/c1-15(37)26(38)34-11-17-14-40-18(12-34)13-36(17)16-5-6-21(23(8-16)39-2)32-27-31-9-19(28)24(33-27)22-10-30-25-20(29)4-3-7-35(22)25/h3-10,15,17-18,37H,11-14H2,1-2H3,(H,31,32,33). The summed E-state index contributed by atoms with van der Waals surface area (Å²) in [6.07, 6.45) is 3.45. The van der Waals surface area contributed by atoms with Gasteiger partial charge in [0.2, 0.25) is 5.95 Å². The maximum Gasteiger partial charge on any atom is 0.251 e. The first-order chi connectivity index (χ1) is 19.3. The van der Waals surface area contributed by atoms with E-state index >= 15 is 0 Å². The number of anilines is 3. The first-order valence-electron chi connectivity index (χ1n) is 12.8. The van der Waals surface area contributed by atoms with Crippen molar-refractivity contribution in [3.05, 3.63) is 59.8 Å². The Morgan fingerprint density at radius 1 is 1.25 bits per heavy atom. The Hall–Kier alpha value is -4.00. The molecule has 3 saturated heterocycles. The van der Waals surface area contributed by atoms with Gasteiger partial charge < -0.3 is 29.7 Å². The van der Waals surface area contributed by atoms with E-state index in [-0.39, 0.29) is 29.6 Å². The lowest BCUT2D eigenvalue weighted by Crippen LogP contribution is -2.49. The van der Waals surface area contributed by atoms with Gasteiger partial charge in [0.25, 0.3) is 5.91 Å². The number of aliphatic hydroxyl groups excluding tert-OH is 1. The van der Waals surface area contributed by atoms with E-state index in [0.29, 0.717) is 54.1 Å². The fourth-order valence-corrected chi connectivity index (χ4v) is 5.38. The number of nitrogens with one attached hydrogen (secondary N) is 1. The predicted molar refractivity (Wildman–Crippen MR) is 147 cm³/mol. The summed E-state index contributed by atoms with van der Waals surface area (Å²) in [5, 5.41) is 13.3. The molecule has 2 bridgehead atoms. The molecule has 0 radical (unpaired) electrons. The number of hydrogen-bond acceptors (Lipinski definition) is 9. The predicted octanol–water partition coefficient (Wildman–Crippen LogP) is 3.13. The molecule has 40 heavy (non-hydrogen) atoms. The third-order valence-corrected chi connectivity index (χ3v) is 7.40. The minimum absolute atomic E-state index is 0.0672. The molecule has 0 spiro atoms. The molecule has 6 heterocycles. The van der Waals surface area contributed by atoms with Gasteiger partial charge in [-0.1, -0.05) is 11.6 Å². The fourth-order valence-electron chi connectivity index (χ4n) is 5.20. The van der Waals surface area contributed by atoms with Crippen molar-refractivity contribution >= 4 is 40.5 Å². The van der Waals surface area contributed by atoms with Crippen LogP contribution in [0.4, 0.5) is 21.7 Å². The van der Waals surface area contributed by atoms with Gasteiger partial charge in [-0.15, -0.1) is 0 Å². The highest BCUT2D eigenvalue weighted by Gasteiger charge is 2.38. The number of aliphatic hydroxyl groups is 1. The number of methoxy groups -OCH3 is 1. The number of ether oxygens (including phenoxy) is 2. The maximum absolute atomic E-state index is 14.2. The molecule has 11 nitrogen and oxygen atoms in total. The number of imidazole rings is 1. The quantitative estimate of drug-likeness (QED) is 0.362. The normalized spacial score (nSPS) is 19.5. The van der Waals surface area contributed by atoms with Crippen LogP contribution >= 0.6 is 11.6 Å². The van der Waals surface area contributed by atoms with Gasteiger partial charge in [-0.2, -0.15) is 0 Å². The molecule has 0 saturated carbocycles. The van der Waals surface area contributed by atoms with Crippen molar-refractivity contribution in [1.29, 1.82) is 0 Å². The van der Waals surface area contributed by atoms with Crippen molar-refractivity contribution in [2.75, 3.05) is 43.6 Å². The van der Waals surface area contributed by atoms with Crippen LogP contribution in [0.2, 0.25) is 5.02 Å². The van der Waals surface area contributed by atoms with E-state index in [2.05, 4.69) is 25.2 Å². The number of carbonyl (C=O) groups is 1. The lowest BCUT2D eigenvalue weighted by atomic mass is 10.1. The van der Waals surface area contributed by atoms with E-state index in [1.807, 2.05) is 18.2 Å². The number of morpholine rings is 1. The molecule has 3 aliphatic rings. The minimum Gasteiger partial charge on any atom is -0.494 e. The Morgan fingerprint density at radius 3 is 2.90 bits per heavy atom. The molecule has 4 aromatic rings. The van der Waals surface area contributed by atoms with Crippen LogP contribution in [0.25, 0.3) is 17.0 Å². The van der Waals surface area contributed by atoms with Crippen molar-refractivity contribution in [2.45, 2.75) is 25.2 Å². The second-order valence-corrected chi connectivity index (χ2v) is 10.2. The molecule has 2 N–H and O–H groups in total. The van der Waals surface area contributed by atoms with E-state index in [1.165, 1.54) is 25.4 Å². The highest BCUT2D eigenvalue weighted by Crippen LogP contribution is 2.35. The smallest absolute Gasteiger partial charge is 0.251 e. The number of fused-ring (bicyclic) bond motifs is 5. The van der Waals surface area contributed by atoms with Gasteiger partial charge in [-0.25, -0.2) is 19.3 Å². The molecule has 208 valence electrons. The molecule has 0 aliphatic carbocycles. The summed E-state index contributed by atoms with van der Waals surface area (Å²) in [4.78, 5) is 29.4. The zero-order valence-electron chi connectivity index (χ0n) is 21.8. The van der Waals surface area contributed by atoms with Crippen LogP contribution in [0.3, 0.4) is 0 Å². The molecule has 3 aromatic heterocycles. The van der Waals surface area contributed by atoms with Crippen LogP contribution in [0.5, 0.6) is 5.75 Å². The number of carbonyl (C=O) groups excluding carboxylic acids is 1. The first kappa shape index (κ1) is 26.2. The summed E-state index contributed by atoms with van der Waals surface area (Å²) in [6.45, 7) is 3.45. The van der Waals surface area contributed by atoms with E-state index in [9.17, 15) is 14.3 Å². The summed E-state index contributed by atoms with van der Waals surface area (Å²) in [6, 6.07) is 8.59. The number of hydrogen-bond donors (Lipinski definition) is 2. The summed E-state index contributed by atoms with van der Waals surface area (Å²) in [5.41, 5.74) is 2.63. The van der Waals surface area contributed by atoms with E-state index in [1.54, 1.807) is 28.7 Å². The third kappa shape index (κ3) is 4.78. The fraction of sp³-hybridized carbons (Fsp3) is 0.333. The number of nitrogens with zero attached hydrogens (tertiary/aromatic N) is 6. The Kier molecular flexibility index (Phi) is 6.90. The van der Waals surface area contributed by atoms with Crippen LogP contribution in [-0.4, -0.2) is 86.9 Å². The monoisotopic (exact) mass is 567 g/mol. The molecule has 3 aliphatic heterocycles. The van der Waals surface area contributed by atoms with Crippen molar-refractivity contribution in [2.24, 2.45) is 0 Å². The lowest BCUT2D eigenvalue weighted by Gasteiger charge is -2.38. The summed E-state index contributed by atoms with van der Waals surface area (Å²) in [7, 11) is 1.58. The van der Waals surface area contributed by atoms with Crippen molar-refractivity contribution in [3.63, 3.8) is 0 Å². The van der Waals surface area contributed by atoms with E-state index < -0.39 is 11.9 Å². The van der Waals surface area contributed by atoms with Gasteiger partial charge in [0.05, 0.1) is 54.7 Å². The second kappa shape index (κ2) is 10.5. The van der Waals surface area contributed by atoms with Gasteiger partial charge in [-0.05, 0) is 31.2 Å². The Labute approximate surface area is 234 Å². The van der Waals surface area contributed by atoms with Gasteiger partial charge >= 0.3 is 0 Å². The first-order valence-corrected chi connectivity index (χ1v) is 13.1. The molecule has 1 amide bonds. The van der Waals surface area contributed by atoms with Crippen LogP contribution in [0.15, 0.2) is 48.9 Å². The SMILES string of the molecule is COc1cc(N2CC3CN(C(=O)C(C)O)CC2CO3)ccc1Nc1ncc(Cl)c(-c2cnc3c(F)cccn23)n1. The highest BCUT2D eigenvalue weighted by molar-refractivity contribution is 6.32. The molecule has 3 fully saturated rings. The van der Waals surface area contributed by atoms with Crippen molar-refractivity contribution < 1.29 is 23.8 Å². The number of benzene rings is 1. The molecule has 3 unspecified atom stereocenters. The summed E-state index contributed by atoms with van der Waals surface area (Å²) >= 11 is 6.42.